The molecule has 0 unspecified atom stereocenters. The second-order valence-electron chi connectivity index (χ2n) is 3.76. The van der Waals surface area contributed by atoms with E-state index in [1.54, 1.807) is 6.26 Å². The molecule has 1 heterocycles. The van der Waals surface area contributed by atoms with Crippen molar-refractivity contribution in [1.82, 2.24) is 5.32 Å². The molecule has 1 N–H and O–H groups in total. The van der Waals surface area contributed by atoms with Gasteiger partial charge in [0.2, 0.25) is 0 Å². The summed E-state index contributed by atoms with van der Waals surface area (Å²) in [7, 11) is 0. The van der Waals surface area contributed by atoms with Crippen LogP contribution in [-0.4, -0.2) is 25.1 Å². The second kappa shape index (κ2) is 6.31. The molecule has 1 aromatic heterocycles. The first-order valence-corrected chi connectivity index (χ1v) is 6.26. The maximum Gasteiger partial charge on any atom is 0.407 e. The van der Waals surface area contributed by atoms with Crippen molar-refractivity contribution in [3.05, 3.63) is 36.1 Å². The molecule has 18 heavy (non-hydrogen) atoms. The molecule has 0 saturated carbocycles. The molecule has 1 amide bonds. The number of nitrogens with one attached hydrogen (secondary N) is 1. The number of amides is 1. The van der Waals surface area contributed by atoms with Gasteiger partial charge in [-0.2, -0.15) is 0 Å². The average molecular weight is 268 g/mol. The molecule has 0 spiro atoms. The van der Waals surface area contributed by atoms with Crippen LogP contribution in [0.4, 0.5) is 4.79 Å². The standard InChI is InChI=1S/C13H14ClNO3/c14-6-8-17-13(16)15-7-5-10-9-18-12-4-2-1-3-11(10)12/h1-4,9H,5-8H2,(H,15,16). The number of hydrogen-bond acceptors (Lipinski definition) is 3. The van der Waals surface area contributed by atoms with Crippen LogP contribution in [0.25, 0.3) is 11.0 Å². The number of carbonyl (C=O) groups is 1. The van der Waals surface area contributed by atoms with Gasteiger partial charge in [0.15, 0.2) is 0 Å². The van der Waals surface area contributed by atoms with Gasteiger partial charge in [0.1, 0.15) is 12.2 Å². The second-order valence-corrected chi connectivity index (χ2v) is 4.14. The smallest absolute Gasteiger partial charge is 0.407 e. The largest absolute Gasteiger partial charge is 0.464 e. The maximum absolute atomic E-state index is 11.2. The van der Waals surface area contributed by atoms with Gasteiger partial charge >= 0.3 is 6.09 Å². The van der Waals surface area contributed by atoms with Gasteiger partial charge in [-0.1, -0.05) is 18.2 Å². The summed E-state index contributed by atoms with van der Waals surface area (Å²) in [6, 6.07) is 7.81. The van der Waals surface area contributed by atoms with E-state index in [9.17, 15) is 4.79 Å². The van der Waals surface area contributed by atoms with Crippen molar-refractivity contribution in [3.63, 3.8) is 0 Å². The monoisotopic (exact) mass is 267 g/mol. The van der Waals surface area contributed by atoms with Crippen LogP contribution >= 0.6 is 11.6 Å². The van der Waals surface area contributed by atoms with Gasteiger partial charge < -0.3 is 14.5 Å². The number of alkyl carbamates (subject to hydrolysis) is 1. The summed E-state index contributed by atoms with van der Waals surface area (Å²) in [5.74, 6) is 0.305. The number of halogens is 1. The van der Waals surface area contributed by atoms with Crippen LogP contribution in [0.3, 0.4) is 0 Å². The first-order valence-electron chi connectivity index (χ1n) is 5.73. The number of para-hydroxylation sites is 1. The third-order valence-electron chi connectivity index (χ3n) is 2.54. The number of benzene rings is 1. The zero-order valence-electron chi connectivity index (χ0n) is 9.82. The highest BCUT2D eigenvalue weighted by molar-refractivity contribution is 6.18. The molecule has 0 aliphatic carbocycles. The van der Waals surface area contributed by atoms with Crippen LogP contribution in [0.15, 0.2) is 34.9 Å². The lowest BCUT2D eigenvalue weighted by molar-refractivity contribution is 0.153. The number of fused-ring (bicyclic) bond motifs is 1. The van der Waals surface area contributed by atoms with E-state index in [4.69, 9.17) is 20.8 Å². The number of alkyl halides is 1. The normalized spacial score (nSPS) is 10.5. The molecule has 5 heteroatoms. The first kappa shape index (κ1) is 12.8. The Kier molecular flexibility index (Phi) is 4.47. The van der Waals surface area contributed by atoms with E-state index in [-0.39, 0.29) is 6.61 Å². The lowest BCUT2D eigenvalue weighted by atomic mass is 10.1. The summed E-state index contributed by atoms with van der Waals surface area (Å²) in [5.41, 5.74) is 1.93. The fraction of sp³-hybridized carbons (Fsp3) is 0.308. The van der Waals surface area contributed by atoms with E-state index in [0.717, 1.165) is 16.5 Å². The Morgan fingerprint density at radius 1 is 1.39 bits per heavy atom. The number of hydrogen-bond donors (Lipinski definition) is 1. The van der Waals surface area contributed by atoms with E-state index in [2.05, 4.69) is 5.32 Å². The van der Waals surface area contributed by atoms with Gasteiger partial charge in [0, 0.05) is 11.9 Å². The Morgan fingerprint density at radius 3 is 3.06 bits per heavy atom. The van der Waals surface area contributed by atoms with E-state index >= 15 is 0 Å². The minimum Gasteiger partial charge on any atom is -0.464 e. The van der Waals surface area contributed by atoms with Gasteiger partial charge in [-0.3, -0.25) is 0 Å². The first-order chi connectivity index (χ1) is 8.81. The van der Waals surface area contributed by atoms with Crippen molar-refractivity contribution in [2.75, 3.05) is 19.0 Å². The Morgan fingerprint density at radius 2 is 2.22 bits per heavy atom. The Hall–Kier alpha value is -1.68. The van der Waals surface area contributed by atoms with Crippen molar-refractivity contribution < 1.29 is 13.9 Å². The number of furan rings is 1. The van der Waals surface area contributed by atoms with E-state index < -0.39 is 6.09 Å². The van der Waals surface area contributed by atoms with E-state index in [1.807, 2.05) is 24.3 Å². The molecule has 0 radical (unpaired) electrons. The number of carbonyl (C=O) groups excluding carboxylic acids is 1. The molecule has 4 nitrogen and oxygen atoms in total. The SMILES string of the molecule is O=C(NCCc1coc2ccccc12)OCCCl. The molecule has 0 saturated heterocycles. The lowest BCUT2D eigenvalue weighted by Crippen LogP contribution is -2.27. The highest BCUT2D eigenvalue weighted by Gasteiger charge is 2.06. The quantitative estimate of drug-likeness (QED) is 0.848. The summed E-state index contributed by atoms with van der Waals surface area (Å²) in [6.07, 6.45) is 1.98. The molecule has 2 aromatic rings. The predicted molar refractivity (Wildman–Crippen MR) is 70.0 cm³/mol. The van der Waals surface area contributed by atoms with Gasteiger partial charge in [-0.25, -0.2) is 4.79 Å². The molecule has 2 rings (SSSR count). The Labute approximate surface area is 110 Å². The molecule has 0 aliphatic rings. The zero-order valence-corrected chi connectivity index (χ0v) is 10.6. The summed E-state index contributed by atoms with van der Waals surface area (Å²) in [4.78, 5) is 11.2. The Balaban J connectivity index is 1.85. The molecule has 1 aromatic carbocycles. The lowest BCUT2D eigenvalue weighted by Gasteiger charge is -2.04. The minimum atomic E-state index is -0.441. The molecule has 0 aliphatic heterocycles. The number of rotatable bonds is 5. The predicted octanol–water partition coefficient (Wildman–Crippen LogP) is 2.94. The molecule has 0 bridgehead atoms. The average Bonchev–Trinajstić information content (AvgIpc) is 2.80. The highest BCUT2D eigenvalue weighted by atomic mass is 35.5. The molecule has 0 atom stereocenters. The molecule has 0 fully saturated rings. The topological polar surface area (TPSA) is 51.5 Å². The third kappa shape index (κ3) is 3.17. The van der Waals surface area contributed by atoms with Gasteiger partial charge in [-0.15, -0.1) is 11.6 Å². The fourth-order valence-electron chi connectivity index (χ4n) is 1.71. The van der Waals surface area contributed by atoms with Crippen molar-refractivity contribution in [2.45, 2.75) is 6.42 Å². The van der Waals surface area contributed by atoms with Crippen molar-refractivity contribution in [2.24, 2.45) is 0 Å². The van der Waals surface area contributed by atoms with Crippen molar-refractivity contribution in [3.8, 4) is 0 Å². The van der Waals surface area contributed by atoms with Gasteiger partial charge in [-0.05, 0) is 18.1 Å². The van der Waals surface area contributed by atoms with Crippen molar-refractivity contribution in [1.29, 1.82) is 0 Å². The third-order valence-corrected chi connectivity index (χ3v) is 2.69. The van der Waals surface area contributed by atoms with Crippen molar-refractivity contribution >= 4 is 28.7 Å². The zero-order chi connectivity index (χ0) is 12.8. The Bertz CT molecular complexity index is 524. The van der Waals surface area contributed by atoms with Gasteiger partial charge in [0.25, 0.3) is 0 Å². The molecular weight excluding hydrogens is 254 g/mol. The van der Waals surface area contributed by atoms with Crippen LogP contribution in [0.2, 0.25) is 0 Å². The van der Waals surface area contributed by atoms with Crippen LogP contribution in [0.5, 0.6) is 0 Å². The molecule has 96 valence electrons. The van der Waals surface area contributed by atoms with Crippen LogP contribution < -0.4 is 5.32 Å². The van der Waals surface area contributed by atoms with E-state index in [0.29, 0.717) is 18.8 Å². The van der Waals surface area contributed by atoms with Crippen LogP contribution in [0, 0.1) is 0 Å². The fourth-order valence-corrected chi connectivity index (χ4v) is 1.79. The summed E-state index contributed by atoms with van der Waals surface area (Å²) < 4.78 is 10.2. The highest BCUT2D eigenvalue weighted by Crippen LogP contribution is 2.20. The summed E-state index contributed by atoms with van der Waals surface area (Å²) in [6.45, 7) is 0.729. The molecular formula is C13H14ClNO3. The van der Waals surface area contributed by atoms with Crippen LogP contribution in [0.1, 0.15) is 5.56 Å². The number of ether oxygens (including phenoxy) is 1. The van der Waals surface area contributed by atoms with Gasteiger partial charge in [0.05, 0.1) is 12.1 Å². The maximum atomic E-state index is 11.2. The van der Waals surface area contributed by atoms with E-state index in [1.165, 1.54) is 0 Å². The summed E-state index contributed by atoms with van der Waals surface area (Å²) in [5, 5.41) is 3.74. The minimum absolute atomic E-state index is 0.224. The van der Waals surface area contributed by atoms with Crippen LogP contribution in [-0.2, 0) is 11.2 Å². The summed E-state index contributed by atoms with van der Waals surface area (Å²) >= 11 is 5.41.